The first kappa shape index (κ1) is 54.9. The van der Waals surface area contributed by atoms with Crippen LogP contribution in [0.1, 0.15) is 83.2 Å². The molecule has 5 heterocycles. The summed E-state index contributed by atoms with van der Waals surface area (Å²) < 4.78 is 34.2. The maximum Gasteiger partial charge on any atom is 0.343 e. The molecular weight excluding hydrogens is 1030 g/mol. The van der Waals surface area contributed by atoms with E-state index in [4.69, 9.17) is 19.2 Å². The minimum atomic E-state index is -2.02. The Bertz CT molecular complexity index is 3320. The Morgan fingerprint density at radius 3 is 2.33 bits per heavy atom. The quantitative estimate of drug-likeness (QED) is 0.0178. The van der Waals surface area contributed by atoms with Crippen molar-refractivity contribution < 1.29 is 62.1 Å². The second-order valence-electron chi connectivity index (χ2n) is 19.4. The van der Waals surface area contributed by atoms with Crippen LogP contribution >= 0.6 is 12.6 Å². The van der Waals surface area contributed by atoms with Crippen molar-refractivity contribution >= 4 is 76.5 Å². The third-order valence-electron chi connectivity index (χ3n) is 14.5. The first-order chi connectivity index (χ1) is 37.4. The molecule has 9 rings (SSSR count). The number of rotatable bonds is 21. The zero-order valence-corrected chi connectivity index (χ0v) is 43.6. The Labute approximate surface area is 451 Å². The number of halogens is 1. The largest absolute Gasteiger partial charge is 0.458 e. The highest BCUT2D eigenvalue weighted by atomic mass is 32.1. The van der Waals surface area contributed by atoms with E-state index in [-0.39, 0.29) is 75.8 Å². The number of cyclic esters (lactones) is 1. The normalized spacial score (nSPS) is 18.4. The van der Waals surface area contributed by atoms with Crippen molar-refractivity contribution in [3.8, 4) is 11.4 Å². The van der Waals surface area contributed by atoms with E-state index in [0.717, 1.165) is 27.0 Å². The van der Waals surface area contributed by atoms with Crippen LogP contribution in [0.5, 0.6) is 0 Å². The standard InChI is InChI=1S/C55H57FN8O13S/c1-3-55(74)36-20-40-50-34(26-63(40)52(71)35(36)27-77-54(55)73)49-41(15-14-33-29(2)37(56)21-38(62-50)48(33)49)76-18-17-75-28-60-45(67)24-59-51(70)39(19-31-7-5-4-6-8-31)61-46(68)25-58-44(66)23-57-43(65)16-11-30-9-12-32(13-10-30)64-47(69)22-42(78)53(64)72/h4-10,12-13,20-21,39,41-42,74,78H,3,11,14-19,22-28H2,1-2H3,(H,57,65)(H,58,66)(H,59,70)(H,60,67)(H,61,68)/t39-,41+,42?,55-/m0/s1. The lowest BCUT2D eigenvalue weighted by Gasteiger charge is -2.31. The van der Waals surface area contributed by atoms with E-state index >= 15 is 4.39 Å². The number of nitrogens with one attached hydrogen (secondary N) is 5. The number of thiol groups is 1. The number of hydrogen-bond acceptors (Lipinski definition) is 15. The van der Waals surface area contributed by atoms with Gasteiger partial charge in [0.05, 0.1) is 78.9 Å². The Kier molecular flexibility index (Phi) is 16.5. The Morgan fingerprint density at radius 2 is 1.60 bits per heavy atom. The molecule has 408 valence electrons. The number of fused-ring (bicyclic) bond motifs is 5. The summed E-state index contributed by atoms with van der Waals surface area (Å²) in [7, 11) is 0. The van der Waals surface area contributed by atoms with E-state index in [0.29, 0.717) is 58.5 Å². The highest BCUT2D eigenvalue weighted by molar-refractivity contribution is 7.82. The molecule has 7 amide bonds. The van der Waals surface area contributed by atoms with Gasteiger partial charge in [-0.05, 0) is 78.6 Å². The van der Waals surface area contributed by atoms with E-state index in [9.17, 15) is 48.3 Å². The minimum Gasteiger partial charge on any atom is -0.458 e. The molecule has 1 aliphatic carbocycles. The van der Waals surface area contributed by atoms with Gasteiger partial charge in [-0.3, -0.25) is 38.4 Å². The molecule has 2 aromatic heterocycles. The highest BCUT2D eigenvalue weighted by Crippen LogP contribution is 2.47. The molecule has 3 aliphatic heterocycles. The first-order valence-corrected chi connectivity index (χ1v) is 26.0. The molecule has 3 aromatic carbocycles. The molecule has 1 unspecified atom stereocenters. The van der Waals surface area contributed by atoms with Gasteiger partial charge in [0.2, 0.25) is 41.4 Å². The topological polar surface area (TPSA) is 283 Å². The SMILES string of the molecule is CC[C@@]1(O)C(=O)OCc2c1cc1n(c2=O)Cc2c-1nc1cc(F)c(C)c3c1c2[C@H](OCCOCNC(=O)CNC(=O)[C@H](Cc1ccccc1)NC(=O)CNC(=O)CNC(=O)CCc1ccc(N2C(=O)CC(S)C2=O)cc1)CC3. The van der Waals surface area contributed by atoms with E-state index in [1.807, 2.05) is 0 Å². The second kappa shape index (κ2) is 23.4. The molecule has 1 saturated heterocycles. The second-order valence-corrected chi connectivity index (χ2v) is 20.0. The monoisotopic (exact) mass is 1090 g/mol. The van der Waals surface area contributed by atoms with E-state index in [2.05, 4.69) is 39.2 Å². The van der Waals surface area contributed by atoms with Crippen LogP contribution < -0.4 is 37.0 Å². The molecular formula is C55H57FN8O13S. The maximum atomic E-state index is 15.4. The Hall–Kier alpha value is -7.86. The van der Waals surface area contributed by atoms with Gasteiger partial charge in [0.25, 0.3) is 5.56 Å². The van der Waals surface area contributed by atoms with Crippen molar-refractivity contribution in [2.75, 3.05) is 44.5 Å². The smallest absolute Gasteiger partial charge is 0.343 e. The average Bonchev–Trinajstić information content (AvgIpc) is 4.09. The maximum absolute atomic E-state index is 15.4. The van der Waals surface area contributed by atoms with Gasteiger partial charge in [0, 0.05) is 41.8 Å². The number of esters is 1. The number of benzene rings is 3. The number of pyridine rings is 2. The lowest BCUT2D eigenvalue weighted by Crippen LogP contribution is -2.52. The van der Waals surface area contributed by atoms with Gasteiger partial charge in [0.1, 0.15) is 25.2 Å². The van der Waals surface area contributed by atoms with Crippen LogP contribution in [0.3, 0.4) is 0 Å². The fourth-order valence-electron chi connectivity index (χ4n) is 10.3. The van der Waals surface area contributed by atoms with Crippen LogP contribution in [0.2, 0.25) is 0 Å². The van der Waals surface area contributed by atoms with Gasteiger partial charge in [-0.15, -0.1) is 0 Å². The van der Waals surface area contributed by atoms with E-state index < -0.39 is 95.4 Å². The number of imide groups is 1. The van der Waals surface area contributed by atoms with E-state index in [1.54, 1.807) is 74.5 Å². The number of nitrogens with zero attached hydrogens (tertiary/aromatic N) is 3. The molecule has 0 radical (unpaired) electrons. The van der Waals surface area contributed by atoms with Crippen LogP contribution in [0.15, 0.2) is 71.5 Å². The van der Waals surface area contributed by atoms with Crippen molar-refractivity contribution in [2.24, 2.45) is 0 Å². The number of aryl methyl sites for hydroxylation is 2. The number of carbonyl (C=O) groups is 8. The Morgan fingerprint density at radius 1 is 0.885 bits per heavy atom. The van der Waals surface area contributed by atoms with Crippen LogP contribution in [-0.4, -0.2) is 113 Å². The van der Waals surface area contributed by atoms with Crippen LogP contribution in [0, 0.1) is 12.7 Å². The van der Waals surface area contributed by atoms with Gasteiger partial charge in [0.15, 0.2) is 5.60 Å². The number of aromatic nitrogens is 2. The number of carbonyl (C=O) groups excluding carboxylic acids is 8. The zero-order chi connectivity index (χ0) is 55.4. The zero-order valence-electron chi connectivity index (χ0n) is 42.7. The fraction of sp³-hybridized carbons (Fsp3) is 0.382. The number of amides is 7. The molecule has 6 N–H and O–H groups in total. The van der Waals surface area contributed by atoms with Gasteiger partial charge >= 0.3 is 5.97 Å². The molecule has 0 bridgehead atoms. The average molecular weight is 1090 g/mol. The molecule has 4 aliphatic rings. The summed E-state index contributed by atoms with van der Waals surface area (Å²) in [5.74, 6) is -5.04. The molecule has 23 heteroatoms. The molecule has 0 saturated carbocycles. The summed E-state index contributed by atoms with van der Waals surface area (Å²) in [6, 6.07) is 17.3. The molecule has 0 spiro atoms. The summed E-state index contributed by atoms with van der Waals surface area (Å²) in [5.41, 5.74) is 3.72. The third kappa shape index (κ3) is 11.4. The van der Waals surface area contributed by atoms with Crippen molar-refractivity contribution in [1.29, 1.82) is 0 Å². The number of anilines is 1. The van der Waals surface area contributed by atoms with Crippen molar-refractivity contribution in [2.45, 2.75) is 94.9 Å². The van der Waals surface area contributed by atoms with Crippen molar-refractivity contribution in [1.82, 2.24) is 36.1 Å². The number of aliphatic hydroxyl groups is 1. The van der Waals surface area contributed by atoms with Crippen molar-refractivity contribution in [3.63, 3.8) is 0 Å². The summed E-state index contributed by atoms with van der Waals surface area (Å²) >= 11 is 4.14. The third-order valence-corrected chi connectivity index (χ3v) is 14.9. The summed E-state index contributed by atoms with van der Waals surface area (Å²) in [5, 5.41) is 24.0. The fourth-order valence-corrected chi connectivity index (χ4v) is 10.5. The molecule has 78 heavy (non-hydrogen) atoms. The lowest BCUT2D eigenvalue weighted by molar-refractivity contribution is -0.172. The summed E-state index contributed by atoms with van der Waals surface area (Å²) in [4.78, 5) is 121. The molecule has 5 aromatic rings. The number of hydrogen-bond donors (Lipinski definition) is 7. The van der Waals surface area contributed by atoms with Gasteiger partial charge in [-0.25, -0.2) is 19.1 Å². The minimum absolute atomic E-state index is 0.0217. The van der Waals surface area contributed by atoms with E-state index in [1.165, 1.54) is 10.6 Å². The summed E-state index contributed by atoms with van der Waals surface area (Å²) in [6.45, 7) is 1.68. The first-order valence-electron chi connectivity index (χ1n) is 25.5. The highest BCUT2D eigenvalue weighted by Gasteiger charge is 2.46. The lowest BCUT2D eigenvalue weighted by atomic mass is 9.82. The molecule has 4 atom stereocenters. The number of ether oxygens (including phenoxy) is 3. The predicted molar refractivity (Wildman–Crippen MR) is 281 cm³/mol. The van der Waals surface area contributed by atoms with Gasteiger partial charge in [-0.1, -0.05) is 49.4 Å². The van der Waals surface area contributed by atoms with Crippen LogP contribution in [0.4, 0.5) is 10.1 Å². The molecule has 21 nitrogen and oxygen atoms in total. The van der Waals surface area contributed by atoms with Gasteiger partial charge in [-0.2, -0.15) is 12.6 Å². The summed E-state index contributed by atoms with van der Waals surface area (Å²) in [6.07, 6.45) is 0.872. The van der Waals surface area contributed by atoms with Crippen molar-refractivity contribution in [3.05, 3.63) is 127 Å². The predicted octanol–water partition coefficient (Wildman–Crippen LogP) is 1.89. The Balaban J connectivity index is 0.727. The van der Waals surface area contributed by atoms with Crippen LogP contribution in [-0.2, 0) is 90.6 Å². The van der Waals surface area contributed by atoms with Crippen LogP contribution in [0.25, 0.3) is 22.3 Å². The molecule has 1 fully saturated rings. The van der Waals surface area contributed by atoms with Gasteiger partial charge < -0.3 is 50.5 Å².